The van der Waals surface area contributed by atoms with Crippen molar-refractivity contribution in [3.63, 3.8) is 0 Å². The fourth-order valence-corrected chi connectivity index (χ4v) is 1.99. The molecule has 100 valence electrons. The number of nitrogens with one attached hydrogen (secondary N) is 2. The number of nitrogens with zero attached hydrogens (tertiary/aromatic N) is 1. The van der Waals surface area contributed by atoms with Gasteiger partial charge in [0.1, 0.15) is 0 Å². The summed E-state index contributed by atoms with van der Waals surface area (Å²) in [5.41, 5.74) is 0. The Morgan fingerprint density at radius 2 is 2.35 bits per heavy atom. The van der Waals surface area contributed by atoms with Crippen LogP contribution in [0, 0.1) is 0 Å². The maximum Gasteiger partial charge on any atom is 0.317 e. The molecule has 0 aromatic heterocycles. The van der Waals surface area contributed by atoms with Gasteiger partial charge in [0.15, 0.2) is 0 Å². The van der Waals surface area contributed by atoms with Crippen molar-refractivity contribution in [1.29, 1.82) is 0 Å². The predicted octanol–water partition coefficient (Wildman–Crippen LogP) is 0.805. The van der Waals surface area contributed by atoms with Gasteiger partial charge in [0.25, 0.3) is 0 Å². The van der Waals surface area contributed by atoms with Crippen LogP contribution in [-0.2, 0) is 4.74 Å². The number of urea groups is 1. The highest BCUT2D eigenvalue weighted by molar-refractivity contribution is 5.74. The van der Waals surface area contributed by atoms with Crippen LogP contribution in [0.1, 0.15) is 26.7 Å². The minimum atomic E-state index is 0.00532. The quantitative estimate of drug-likeness (QED) is 0.725. The SMILES string of the molecule is COCCN(CC1CCCN1)C(=O)NC(C)C. The Hall–Kier alpha value is -0.810. The van der Waals surface area contributed by atoms with Gasteiger partial charge in [-0.1, -0.05) is 0 Å². The molecule has 0 spiro atoms. The Bertz CT molecular complexity index is 228. The largest absolute Gasteiger partial charge is 0.383 e. The van der Waals surface area contributed by atoms with Crippen LogP contribution in [0.25, 0.3) is 0 Å². The third-order valence-electron chi connectivity index (χ3n) is 2.87. The molecule has 1 atom stereocenters. The fourth-order valence-electron chi connectivity index (χ4n) is 1.99. The Morgan fingerprint density at radius 1 is 1.59 bits per heavy atom. The van der Waals surface area contributed by atoms with Gasteiger partial charge in [-0.05, 0) is 33.2 Å². The molecule has 1 rings (SSSR count). The van der Waals surface area contributed by atoms with Crippen molar-refractivity contribution in [2.75, 3.05) is 33.4 Å². The molecule has 5 nitrogen and oxygen atoms in total. The van der Waals surface area contributed by atoms with Gasteiger partial charge in [-0.15, -0.1) is 0 Å². The lowest BCUT2D eigenvalue weighted by molar-refractivity contribution is 0.144. The first kappa shape index (κ1) is 14.3. The summed E-state index contributed by atoms with van der Waals surface area (Å²) < 4.78 is 5.05. The van der Waals surface area contributed by atoms with E-state index in [9.17, 15) is 4.79 Å². The highest BCUT2D eigenvalue weighted by atomic mass is 16.5. The molecule has 1 aliphatic rings. The van der Waals surface area contributed by atoms with E-state index in [0.717, 1.165) is 19.5 Å². The molecule has 2 amide bonds. The van der Waals surface area contributed by atoms with Crippen LogP contribution in [0.5, 0.6) is 0 Å². The van der Waals surface area contributed by atoms with E-state index in [1.54, 1.807) is 7.11 Å². The zero-order valence-corrected chi connectivity index (χ0v) is 11.2. The molecule has 17 heavy (non-hydrogen) atoms. The van der Waals surface area contributed by atoms with E-state index in [1.807, 2.05) is 18.7 Å². The molecular weight excluding hydrogens is 218 g/mol. The summed E-state index contributed by atoms with van der Waals surface area (Å²) >= 11 is 0. The predicted molar refractivity (Wildman–Crippen MR) is 68.1 cm³/mol. The van der Waals surface area contributed by atoms with E-state index >= 15 is 0 Å². The Kier molecular flexibility index (Phi) is 6.29. The molecular formula is C12H25N3O2. The molecule has 0 aliphatic carbocycles. The first-order chi connectivity index (χ1) is 8.13. The summed E-state index contributed by atoms with van der Waals surface area (Å²) in [5.74, 6) is 0. The molecule has 1 unspecified atom stereocenters. The minimum Gasteiger partial charge on any atom is -0.383 e. The van der Waals surface area contributed by atoms with Gasteiger partial charge in [-0.25, -0.2) is 4.79 Å². The van der Waals surface area contributed by atoms with E-state index in [2.05, 4.69) is 10.6 Å². The van der Waals surface area contributed by atoms with E-state index in [-0.39, 0.29) is 12.1 Å². The molecule has 1 aliphatic heterocycles. The first-order valence-corrected chi connectivity index (χ1v) is 6.41. The van der Waals surface area contributed by atoms with Crippen LogP contribution in [0.3, 0.4) is 0 Å². The molecule has 0 saturated carbocycles. The Morgan fingerprint density at radius 3 is 2.88 bits per heavy atom. The van der Waals surface area contributed by atoms with E-state index in [4.69, 9.17) is 4.74 Å². The van der Waals surface area contributed by atoms with Crippen molar-refractivity contribution in [2.24, 2.45) is 0 Å². The number of carbonyl (C=O) groups excluding carboxylic acids is 1. The van der Waals surface area contributed by atoms with Crippen molar-refractivity contribution in [3.8, 4) is 0 Å². The molecule has 0 radical (unpaired) electrons. The zero-order valence-electron chi connectivity index (χ0n) is 11.2. The number of amides is 2. The Labute approximate surface area is 104 Å². The van der Waals surface area contributed by atoms with Gasteiger partial charge in [-0.2, -0.15) is 0 Å². The average Bonchev–Trinajstić information content (AvgIpc) is 2.75. The minimum absolute atomic E-state index is 0.00532. The Balaban J connectivity index is 2.43. The molecule has 1 saturated heterocycles. The average molecular weight is 243 g/mol. The molecule has 0 bridgehead atoms. The van der Waals surface area contributed by atoms with Gasteiger partial charge < -0.3 is 20.3 Å². The lowest BCUT2D eigenvalue weighted by Crippen LogP contribution is -2.48. The van der Waals surface area contributed by atoms with Crippen molar-refractivity contribution < 1.29 is 9.53 Å². The van der Waals surface area contributed by atoms with Crippen molar-refractivity contribution in [3.05, 3.63) is 0 Å². The summed E-state index contributed by atoms with van der Waals surface area (Å²) in [4.78, 5) is 13.8. The van der Waals surface area contributed by atoms with Gasteiger partial charge in [0.2, 0.25) is 0 Å². The zero-order chi connectivity index (χ0) is 12.7. The van der Waals surface area contributed by atoms with Crippen molar-refractivity contribution in [2.45, 2.75) is 38.8 Å². The van der Waals surface area contributed by atoms with Crippen LogP contribution >= 0.6 is 0 Å². The number of ether oxygens (including phenoxy) is 1. The first-order valence-electron chi connectivity index (χ1n) is 6.41. The van der Waals surface area contributed by atoms with Gasteiger partial charge >= 0.3 is 6.03 Å². The monoisotopic (exact) mass is 243 g/mol. The van der Waals surface area contributed by atoms with Crippen molar-refractivity contribution in [1.82, 2.24) is 15.5 Å². The second-order valence-corrected chi connectivity index (χ2v) is 4.84. The van der Waals surface area contributed by atoms with Crippen LogP contribution in [0.2, 0.25) is 0 Å². The van der Waals surface area contributed by atoms with E-state index < -0.39 is 0 Å². The molecule has 2 N–H and O–H groups in total. The van der Waals surface area contributed by atoms with Crippen LogP contribution < -0.4 is 10.6 Å². The maximum absolute atomic E-state index is 12.0. The number of methoxy groups -OCH3 is 1. The highest BCUT2D eigenvalue weighted by Gasteiger charge is 2.21. The number of hydrogen-bond acceptors (Lipinski definition) is 3. The topological polar surface area (TPSA) is 53.6 Å². The third kappa shape index (κ3) is 5.37. The lowest BCUT2D eigenvalue weighted by Gasteiger charge is -2.26. The summed E-state index contributed by atoms with van der Waals surface area (Å²) in [5, 5.41) is 6.34. The standard InChI is InChI=1S/C12H25N3O2/c1-10(2)14-12(16)15(7-8-17-3)9-11-5-4-6-13-11/h10-11,13H,4-9H2,1-3H3,(H,14,16). The fraction of sp³-hybridized carbons (Fsp3) is 0.917. The third-order valence-corrected chi connectivity index (χ3v) is 2.87. The summed E-state index contributed by atoms with van der Waals surface area (Å²) in [6.45, 7) is 7.00. The number of carbonyl (C=O) groups is 1. The van der Waals surface area contributed by atoms with Gasteiger partial charge in [0, 0.05) is 32.3 Å². The number of rotatable bonds is 6. The summed E-state index contributed by atoms with van der Waals surface area (Å²) in [6, 6.07) is 0.611. The summed E-state index contributed by atoms with van der Waals surface area (Å²) in [6.07, 6.45) is 2.35. The lowest BCUT2D eigenvalue weighted by atomic mass is 10.2. The highest BCUT2D eigenvalue weighted by Crippen LogP contribution is 2.07. The van der Waals surface area contributed by atoms with Crippen molar-refractivity contribution >= 4 is 6.03 Å². The second-order valence-electron chi connectivity index (χ2n) is 4.84. The normalized spacial score (nSPS) is 19.6. The second kappa shape index (κ2) is 7.50. The molecule has 0 aromatic carbocycles. The van der Waals surface area contributed by atoms with E-state index in [1.165, 1.54) is 6.42 Å². The van der Waals surface area contributed by atoms with Gasteiger partial charge in [-0.3, -0.25) is 0 Å². The van der Waals surface area contributed by atoms with Crippen LogP contribution in [0.15, 0.2) is 0 Å². The molecule has 1 fully saturated rings. The maximum atomic E-state index is 12.0. The molecule has 5 heteroatoms. The summed E-state index contributed by atoms with van der Waals surface area (Å²) in [7, 11) is 1.66. The molecule has 0 aromatic rings. The van der Waals surface area contributed by atoms with E-state index in [0.29, 0.717) is 19.2 Å². The van der Waals surface area contributed by atoms with Crippen LogP contribution in [0.4, 0.5) is 4.79 Å². The van der Waals surface area contributed by atoms with Crippen LogP contribution in [-0.4, -0.2) is 56.4 Å². The number of hydrogen-bond donors (Lipinski definition) is 2. The molecule has 1 heterocycles. The van der Waals surface area contributed by atoms with Gasteiger partial charge in [0.05, 0.1) is 6.61 Å². The smallest absolute Gasteiger partial charge is 0.317 e.